The van der Waals surface area contributed by atoms with E-state index in [1.54, 1.807) is 12.1 Å². The van der Waals surface area contributed by atoms with Crippen LogP contribution in [0.3, 0.4) is 0 Å². The van der Waals surface area contributed by atoms with Crippen LogP contribution < -0.4 is 16.0 Å². The third kappa shape index (κ3) is 5.09. The van der Waals surface area contributed by atoms with Crippen LogP contribution >= 0.6 is 27.5 Å². The predicted molar refractivity (Wildman–Crippen MR) is 114 cm³/mol. The molecular formula is C19H23BrClN5O3. The van der Waals surface area contributed by atoms with Gasteiger partial charge < -0.3 is 25.7 Å². The largest absolute Gasteiger partial charge is 0.366 e. The Labute approximate surface area is 182 Å². The number of nitrogens with zero attached hydrogens (tertiary/aromatic N) is 2. The highest BCUT2D eigenvalue weighted by Crippen LogP contribution is 2.26. The fraction of sp³-hybridized carbons (Fsp3) is 0.421. The molecule has 10 heteroatoms. The van der Waals surface area contributed by atoms with Gasteiger partial charge in [0.05, 0.1) is 5.69 Å². The monoisotopic (exact) mass is 483 g/mol. The number of primary amides is 1. The van der Waals surface area contributed by atoms with E-state index in [1.807, 2.05) is 11.8 Å². The number of carbonyl (C=O) groups is 2. The summed E-state index contributed by atoms with van der Waals surface area (Å²) in [5.41, 5.74) is 6.88. The molecule has 1 atom stereocenters. The quantitative estimate of drug-likeness (QED) is 0.546. The molecule has 0 saturated carbocycles. The second-order valence-electron chi connectivity index (χ2n) is 6.95. The summed E-state index contributed by atoms with van der Waals surface area (Å²) in [6.07, 6.45) is 1.50. The van der Waals surface area contributed by atoms with Gasteiger partial charge in [0.2, 0.25) is 5.91 Å². The van der Waals surface area contributed by atoms with Crippen LogP contribution in [-0.4, -0.2) is 48.0 Å². The molecule has 3 rings (SSSR count). The summed E-state index contributed by atoms with van der Waals surface area (Å²) >= 11 is 9.52. The van der Waals surface area contributed by atoms with Crippen molar-refractivity contribution in [2.45, 2.75) is 31.4 Å². The summed E-state index contributed by atoms with van der Waals surface area (Å²) in [5, 5.41) is 3.06. The van der Waals surface area contributed by atoms with Crippen molar-refractivity contribution in [2.24, 2.45) is 5.73 Å². The standard InChI is InChI=1S/C19H23BrClN5O3/c1-10-13(20)9-15(23-10)19(28)24-12-3-5-26(6-4-12)16-8-11(18(22)27)7-14(25-16)17(21)29-2/h7-9,12,17,23H,3-6H2,1-2H3,(H2,22,27)(H,24,28). The van der Waals surface area contributed by atoms with E-state index in [1.165, 1.54) is 13.2 Å². The normalized spacial score (nSPS) is 15.9. The lowest BCUT2D eigenvalue weighted by atomic mass is 10.0. The number of aromatic nitrogens is 2. The number of hydrogen-bond acceptors (Lipinski definition) is 5. The minimum absolute atomic E-state index is 0.0553. The lowest BCUT2D eigenvalue weighted by molar-refractivity contribution is 0.0925. The van der Waals surface area contributed by atoms with Crippen LogP contribution in [0.15, 0.2) is 22.7 Å². The Kier molecular flexibility index (Phi) is 6.81. The van der Waals surface area contributed by atoms with Crippen LogP contribution in [0.25, 0.3) is 0 Å². The molecule has 2 aromatic heterocycles. The van der Waals surface area contributed by atoms with Crippen molar-refractivity contribution in [3.63, 3.8) is 0 Å². The molecule has 3 heterocycles. The van der Waals surface area contributed by atoms with E-state index >= 15 is 0 Å². The molecule has 0 bridgehead atoms. The van der Waals surface area contributed by atoms with Crippen LogP contribution in [0, 0.1) is 6.92 Å². The molecule has 4 N–H and O–H groups in total. The topological polar surface area (TPSA) is 113 Å². The summed E-state index contributed by atoms with van der Waals surface area (Å²) in [5.74, 6) is -0.0596. The first-order chi connectivity index (χ1) is 13.8. The number of methoxy groups -OCH3 is 1. The van der Waals surface area contributed by atoms with Gasteiger partial charge in [-0.05, 0) is 53.9 Å². The van der Waals surface area contributed by atoms with Crippen LogP contribution in [0.1, 0.15) is 50.6 Å². The number of nitrogens with one attached hydrogen (secondary N) is 2. The maximum absolute atomic E-state index is 12.4. The minimum Gasteiger partial charge on any atom is -0.366 e. The Bertz CT molecular complexity index is 892. The molecule has 1 aliphatic rings. The van der Waals surface area contributed by atoms with Gasteiger partial charge in [0.15, 0.2) is 5.56 Å². The Balaban J connectivity index is 1.66. The predicted octanol–water partition coefficient (Wildman–Crippen LogP) is 2.86. The Hall–Kier alpha value is -2.10. The third-order valence-electron chi connectivity index (χ3n) is 4.91. The Morgan fingerprint density at radius 3 is 2.62 bits per heavy atom. The van der Waals surface area contributed by atoms with Gasteiger partial charge in [-0.3, -0.25) is 9.59 Å². The third-order valence-corrected chi connectivity index (χ3v) is 6.13. The number of nitrogens with two attached hydrogens (primary N) is 1. The van der Waals surface area contributed by atoms with Crippen LogP contribution in [0.2, 0.25) is 0 Å². The summed E-state index contributed by atoms with van der Waals surface area (Å²) in [7, 11) is 1.47. The van der Waals surface area contributed by atoms with Crippen molar-refractivity contribution >= 4 is 45.2 Å². The number of piperidine rings is 1. The number of carbonyl (C=O) groups excluding carboxylic acids is 2. The van der Waals surface area contributed by atoms with Gasteiger partial charge in [-0.15, -0.1) is 0 Å². The summed E-state index contributed by atoms with van der Waals surface area (Å²) < 4.78 is 5.98. The number of rotatable bonds is 6. The zero-order valence-electron chi connectivity index (χ0n) is 16.2. The highest BCUT2D eigenvalue weighted by atomic mass is 79.9. The van der Waals surface area contributed by atoms with Gasteiger partial charge in [-0.2, -0.15) is 0 Å². The molecule has 8 nitrogen and oxygen atoms in total. The van der Waals surface area contributed by atoms with Crippen LogP contribution in [-0.2, 0) is 4.74 Å². The highest BCUT2D eigenvalue weighted by Gasteiger charge is 2.24. The molecule has 1 saturated heterocycles. The van der Waals surface area contributed by atoms with E-state index in [2.05, 4.69) is 31.2 Å². The lowest BCUT2D eigenvalue weighted by Gasteiger charge is -2.33. The van der Waals surface area contributed by atoms with Crippen molar-refractivity contribution in [1.29, 1.82) is 0 Å². The molecule has 2 aromatic rings. The maximum Gasteiger partial charge on any atom is 0.267 e. The fourth-order valence-electron chi connectivity index (χ4n) is 3.25. The fourth-order valence-corrected chi connectivity index (χ4v) is 3.69. The number of amides is 2. The maximum atomic E-state index is 12.4. The van der Waals surface area contributed by atoms with Gasteiger partial charge >= 0.3 is 0 Å². The van der Waals surface area contributed by atoms with E-state index < -0.39 is 11.5 Å². The Morgan fingerprint density at radius 1 is 1.38 bits per heavy atom. The van der Waals surface area contributed by atoms with E-state index in [-0.39, 0.29) is 11.9 Å². The number of aromatic amines is 1. The van der Waals surface area contributed by atoms with Crippen molar-refractivity contribution in [2.75, 3.05) is 25.1 Å². The molecule has 0 radical (unpaired) electrons. The first-order valence-electron chi connectivity index (χ1n) is 9.18. The van der Waals surface area contributed by atoms with E-state index in [0.29, 0.717) is 35.9 Å². The molecule has 2 amide bonds. The molecule has 0 aliphatic carbocycles. The molecule has 1 aliphatic heterocycles. The first-order valence-corrected chi connectivity index (χ1v) is 10.4. The zero-order chi connectivity index (χ0) is 21.1. The first kappa shape index (κ1) is 21.6. The van der Waals surface area contributed by atoms with Crippen molar-refractivity contribution < 1.29 is 14.3 Å². The Morgan fingerprint density at radius 2 is 2.07 bits per heavy atom. The molecular weight excluding hydrogens is 462 g/mol. The summed E-state index contributed by atoms with van der Waals surface area (Å²) in [6.45, 7) is 3.25. The van der Waals surface area contributed by atoms with Gasteiger partial charge in [-0.1, -0.05) is 11.6 Å². The zero-order valence-corrected chi connectivity index (χ0v) is 18.5. The van der Waals surface area contributed by atoms with E-state index in [9.17, 15) is 9.59 Å². The number of alkyl halides is 1. The molecule has 0 spiro atoms. The molecule has 29 heavy (non-hydrogen) atoms. The molecule has 1 fully saturated rings. The second kappa shape index (κ2) is 9.15. The van der Waals surface area contributed by atoms with Gasteiger partial charge in [-0.25, -0.2) is 4.98 Å². The summed E-state index contributed by atoms with van der Waals surface area (Å²) in [4.78, 5) is 33.7. The molecule has 156 valence electrons. The average molecular weight is 485 g/mol. The number of hydrogen-bond donors (Lipinski definition) is 3. The number of pyridine rings is 1. The van der Waals surface area contributed by atoms with Gasteiger partial charge in [0.25, 0.3) is 5.91 Å². The summed E-state index contributed by atoms with van der Waals surface area (Å²) in [6, 6.07) is 5.03. The van der Waals surface area contributed by atoms with Crippen molar-refractivity contribution in [3.8, 4) is 0 Å². The number of anilines is 1. The van der Waals surface area contributed by atoms with Crippen LogP contribution in [0.4, 0.5) is 5.82 Å². The SMILES string of the molecule is COC(Cl)c1cc(C(N)=O)cc(N2CCC(NC(=O)c3cc(Br)c(C)[nH]3)CC2)n1. The van der Waals surface area contributed by atoms with Gasteiger partial charge in [0, 0.05) is 42.0 Å². The number of halogens is 2. The smallest absolute Gasteiger partial charge is 0.267 e. The number of ether oxygens (including phenoxy) is 1. The number of H-pyrrole nitrogens is 1. The molecule has 0 aromatic carbocycles. The van der Waals surface area contributed by atoms with Crippen molar-refractivity contribution in [1.82, 2.24) is 15.3 Å². The second-order valence-corrected chi connectivity index (χ2v) is 8.20. The van der Waals surface area contributed by atoms with Crippen molar-refractivity contribution in [3.05, 3.63) is 45.3 Å². The van der Waals surface area contributed by atoms with Crippen LogP contribution in [0.5, 0.6) is 0 Å². The lowest BCUT2D eigenvalue weighted by Crippen LogP contribution is -2.45. The van der Waals surface area contributed by atoms with E-state index in [0.717, 1.165) is 23.0 Å². The highest BCUT2D eigenvalue weighted by molar-refractivity contribution is 9.10. The minimum atomic E-state index is -0.770. The van der Waals surface area contributed by atoms with E-state index in [4.69, 9.17) is 22.1 Å². The molecule has 1 unspecified atom stereocenters. The van der Waals surface area contributed by atoms with Gasteiger partial charge in [0.1, 0.15) is 11.5 Å². The average Bonchev–Trinajstić information content (AvgIpc) is 3.06. The number of aryl methyl sites for hydroxylation is 1.